The number of hydrogen-bond donors (Lipinski definition) is 1. The highest BCUT2D eigenvalue weighted by molar-refractivity contribution is 6.46. The van der Waals surface area contributed by atoms with Gasteiger partial charge in [-0.3, -0.25) is 9.59 Å². The average molecular weight is 463 g/mol. The van der Waals surface area contributed by atoms with Gasteiger partial charge in [0.25, 0.3) is 11.7 Å². The lowest BCUT2D eigenvalue weighted by Gasteiger charge is -2.23. The lowest BCUT2D eigenvalue weighted by molar-refractivity contribution is -0.140. The van der Waals surface area contributed by atoms with E-state index in [0.717, 1.165) is 11.3 Å². The van der Waals surface area contributed by atoms with Crippen molar-refractivity contribution >= 4 is 17.4 Å². The van der Waals surface area contributed by atoms with Crippen molar-refractivity contribution in [3.8, 4) is 17.2 Å². The van der Waals surface area contributed by atoms with E-state index in [-0.39, 0.29) is 17.9 Å². The number of carbonyl (C=O) groups is 2. The molecule has 176 valence electrons. The summed E-state index contributed by atoms with van der Waals surface area (Å²) in [5, 5.41) is 11.1. The molecule has 1 saturated heterocycles. The maximum Gasteiger partial charge on any atom is 0.295 e. The van der Waals surface area contributed by atoms with Crippen LogP contribution in [0.5, 0.6) is 17.2 Å². The minimum Gasteiger partial charge on any atom is -0.507 e. The molecule has 1 aromatic heterocycles. The highest BCUT2D eigenvalue weighted by atomic mass is 16.5. The zero-order chi connectivity index (χ0) is 24.2. The number of hydrogen-bond acceptors (Lipinski definition) is 7. The number of likely N-dealkylation sites (tertiary alicyclic amines) is 1. The van der Waals surface area contributed by atoms with Crippen LogP contribution in [0.2, 0.25) is 0 Å². The fourth-order valence-electron chi connectivity index (χ4n) is 4.03. The number of nitrogens with zero attached hydrogens (tertiary/aromatic N) is 1. The second kappa shape index (κ2) is 9.74. The Bertz CT molecular complexity index is 1210. The predicted molar refractivity (Wildman–Crippen MR) is 124 cm³/mol. The zero-order valence-corrected chi connectivity index (χ0v) is 19.1. The van der Waals surface area contributed by atoms with Gasteiger partial charge >= 0.3 is 0 Å². The van der Waals surface area contributed by atoms with Crippen LogP contribution in [0.15, 0.2) is 70.9 Å². The van der Waals surface area contributed by atoms with Gasteiger partial charge in [-0.2, -0.15) is 0 Å². The molecule has 8 heteroatoms. The van der Waals surface area contributed by atoms with Crippen molar-refractivity contribution in [2.75, 3.05) is 27.9 Å². The first-order valence-electron chi connectivity index (χ1n) is 10.7. The maximum atomic E-state index is 13.1. The van der Waals surface area contributed by atoms with Gasteiger partial charge in [-0.15, -0.1) is 0 Å². The minimum absolute atomic E-state index is 0.0399. The second-order valence-electron chi connectivity index (χ2n) is 7.68. The monoisotopic (exact) mass is 463 g/mol. The molecule has 0 aliphatic carbocycles. The van der Waals surface area contributed by atoms with Crippen LogP contribution in [0.1, 0.15) is 22.9 Å². The molecule has 0 saturated carbocycles. The van der Waals surface area contributed by atoms with Gasteiger partial charge in [-0.25, -0.2) is 0 Å². The normalized spacial score (nSPS) is 17.1. The van der Waals surface area contributed by atoms with Crippen molar-refractivity contribution in [2.45, 2.75) is 12.5 Å². The number of benzene rings is 2. The number of carbonyl (C=O) groups excluding carboxylic acids is 2. The van der Waals surface area contributed by atoms with Gasteiger partial charge in [0.1, 0.15) is 23.3 Å². The maximum absolute atomic E-state index is 13.1. The molecule has 1 N–H and O–H groups in total. The van der Waals surface area contributed by atoms with Gasteiger partial charge in [-0.1, -0.05) is 12.1 Å². The summed E-state index contributed by atoms with van der Waals surface area (Å²) in [6.45, 7) is 0.255. The van der Waals surface area contributed by atoms with Gasteiger partial charge < -0.3 is 28.6 Å². The summed E-state index contributed by atoms with van der Waals surface area (Å²) in [5.74, 6) is 0.190. The van der Waals surface area contributed by atoms with Crippen LogP contribution in [0.3, 0.4) is 0 Å². The Kier molecular flexibility index (Phi) is 6.58. The zero-order valence-electron chi connectivity index (χ0n) is 19.1. The first kappa shape index (κ1) is 23.0. The Labute approximate surface area is 197 Å². The fraction of sp³-hybridized carbons (Fsp3) is 0.231. The van der Waals surface area contributed by atoms with Crippen molar-refractivity contribution in [2.24, 2.45) is 0 Å². The van der Waals surface area contributed by atoms with Crippen LogP contribution < -0.4 is 14.2 Å². The van der Waals surface area contributed by atoms with Gasteiger partial charge in [0.15, 0.2) is 11.5 Å². The topological polar surface area (TPSA) is 98.4 Å². The molecule has 1 aliphatic heterocycles. The van der Waals surface area contributed by atoms with E-state index >= 15 is 0 Å². The lowest BCUT2D eigenvalue weighted by Crippen LogP contribution is -2.31. The van der Waals surface area contributed by atoms with E-state index in [0.29, 0.717) is 29.2 Å². The molecule has 2 heterocycles. The Morgan fingerprint density at radius 3 is 2.32 bits per heavy atom. The first-order valence-corrected chi connectivity index (χ1v) is 10.7. The summed E-state index contributed by atoms with van der Waals surface area (Å²) in [6, 6.07) is 14.8. The van der Waals surface area contributed by atoms with Gasteiger partial charge in [0, 0.05) is 12.1 Å². The molecule has 1 atom stereocenters. The van der Waals surface area contributed by atoms with E-state index < -0.39 is 17.7 Å². The number of aliphatic hydroxyl groups excluding tert-OH is 1. The molecular weight excluding hydrogens is 438 g/mol. The van der Waals surface area contributed by atoms with Crippen molar-refractivity contribution < 1.29 is 33.3 Å². The molecule has 2 aromatic carbocycles. The molecule has 1 aliphatic rings. The minimum atomic E-state index is -0.860. The smallest absolute Gasteiger partial charge is 0.295 e. The molecule has 0 bridgehead atoms. The number of ketones is 1. The fourth-order valence-corrected chi connectivity index (χ4v) is 4.03. The molecule has 0 spiro atoms. The van der Waals surface area contributed by atoms with Crippen molar-refractivity contribution in [3.63, 3.8) is 0 Å². The van der Waals surface area contributed by atoms with E-state index in [1.807, 2.05) is 24.3 Å². The van der Waals surface area contributed by atoms with Gasteiger partial charge in [0.2, 0.25) is 0 Å². The second-order valence-corrected chi connectivity index (χ2v) is 7.68. The standard InChI is InChI=1S/C26H25NO7/c1-31-18-9-6-16(7-10-18)12-13-27-23(20-5-4-14-34-20)22(25(29)26(27)30)24(28)17-8-11-19(32-2)21(15-17)33-3/h4-11,14-15,23,28H,12-13H2,1-3H3/b24-22-. The molecular formula is C26H25NO7. The molecule has 0 radical (unpaired) electrons. The SMILES string of the molecule is COc1ccc(CCN2C(=O)C(=O)/C(=C(\O)c3ccc(OC)c(OC)c3)C2c2ccco2)cc1. The molecule has 4 rings (SSSR count). The largest absolute Gasteiger partial charge is 0.507 e. The third-order valence-corrected chi connectivity index (χ3v) is 5.81. The van der Waals surface area contributed by atoms with Gasteiger partial charge in [0.05, 0.1) is 33.2 Å². The summed E-state index contributed by atoms with van der Waals surface area (Å²) in [4.78, 5) is 27.5. The van der Waals surface area contributed by atoms with E-state index in [9.17, 15) is 14.7 Å². The molecule has 1 amide bonds. The quantitative estimate of drug-likeness (QED) is 0.307. The Morgan fingerprint density at radius 1 is 0.971 bits per heavy atom. The summed E-state index contributed by atoms with van der Waals surface area (Å²) >= 11 is 0. The van der Waals surface area contributed by atoms with Crippen molar-refractivity contribution in [3.05, 3.63) is 83.3 Å². The molecule has 34 heavy (non-hydrogen) atoms. The van der Waals surface area contributed by atoms with Crippen LogP contribution in [0.25, 0.3) is 5.76 Å². The Balaban J connectivity index is 1.72. The van der Waals surface area contributed by atoms with E-state index in [4.69, 9.17) is 18.6 Å². The average Bonchev–Trinajstić information content (AvgIpc) is 3.49. The van der Waals surface area contributed by atoms with Crippen LogP contribution >= 0.6 is 0 Å². The Hall–Kier alpha value is -4.20. The summed E-state index contributed by atoms with van der Waals surface area (Å²) in [6.07, 6.45) is 1.97. The lowest BCUT2D eigenvalue weighted by atomic mass is 9.99. The molecule has 1 fully saturated rings. The summed E-state index contributed by atoms with van der Waals surface area (Å²) in [5.41, 5.74) is 1.25. The Morgan fingerprint density at radius 2 is 1.71 bits per heavy atom. The number of aliphatic hydroxyl groups is 1. The van der Waals surface area contributed by atoms with Crippen LogP contribution in [-0.4, -0.2) is 49.6 Å². The summed E-state index contributed by atoms with van der Waals surface area (Å²) < 4.78 is 21.3. The number of methoxy groups -OCH3 is 3. The number of Topliss-reactive ketones (excluding diaryl/α,β-unsaturated/α-hetero) is 1. The first-order chi connectivity index (χ1) is 16.5. The highest BCUT2D eigenvalue weighted by Crippen LogP contribution is 2.40. The number of amides is 1. The molecule has 8 nitrogen and oxygen atoms in total. The predicted octanol–water partition coefficient (Wildman–Crippen LogP) is 3.97. The third kappa shape index (κ3) is 4.22. The number of furan rings is 1. The molecule has 3 aromatic rings. The van der Waals surface area contributed by atoms with Crippen molar-refractivity contribution in [1.82, 2.24) is 4.90 Å². The van der Waals surface area contributed by atoms with Crippen LogP contribution in [0.4, 0.5) is 0 Å². The van der Waals surface area contributed by atoms with Crippen molar-refractivity contribution in [1.29, 1.82) is 0 Å². The summed E-state index contributed by atoms with van der Waals surface area (Å²) in [7, 11) is 4.57. The number of rotatable bonds is 8. The van der Waals surface area contributed by atoms with E-state index in [1.54, 1.807) is 37.4 Å². The van der Waals surface area contributed by atoms with E-state index in [2.05, 4.69) is 0 Å². The van der Waals surface area contributed by atoms with Crippen LogP contribution in [-0.2, 0) is 16.0 Å². The molecule has 1 unspecified atom stereocenters. The van der Waals surface area contributed by atoms with E-state index in [1.165, 1.54) is 25.4 Å². The number of ether oxygens (including phenoxy) is 3. The third-order valence-electron chi connectivity index (χ3n) is 5.81. The van der Waals surface area contributed by atoms with Crippen LogP contribution in [0, 0.1) is 0 Å². The van der Waals surface area contributed by atoms with Gasteiger partial charge in [-0.05, 0) is 54.4 Å². The highest BCUT2D eigenvalue weighted by Gasteiger charge is 2.47.